The normalized spacial score (nSPS) is 10.7. The van der Waals surface area contributed by atoms with E-state index in [4.69, 9.17) is 11.6 Å². The summed E-state index contributed by atoms with van der Waals surface area (Å²) < 4.78 is 0. The standard InChI is InChI=1S/C16H14ClNO2/c1-11-14(3-2-4-15(11)19)18-16(20)10-7-12-5-8-13(17)9-6-12/h2-10,19H,1H3,(H,18,20). The number of carbonyl (C=O) groups is 1. The molecule has 0 aliphatic rings. The summed E-state index contributed by atoms with van der Waals surface area (Å²) in [6.07, 6.45) is 3.14. The third-order valence-corrected chi connectivity index (χ3v) is 3.11. The maximum Gasteiger partial charge on any atom is 0.248 e. The first-order valence-corrected chi connectivity index (χ1v) is 6.47. The molecule has 4 heteroatoms. The van der Waals surface area contributed by atoms with Gasteiger partial charge in [0, 0.05) is 22.3 Å². The van der Waals surface area contributed by atoms with E-state index in [1.54, 1.807) is 43.3 Å². The number of nitrogens with one attached hydrogen (secondary N) is 1. The summed E-state index contributed by atoms with van der Waals surface area (Å²) in [5, 5.41) is 12.9. The highest BCUT2D eigenvalue weighted by atomic mass is 35.5. The summed E-state index contributed by atoms with van der Waals surface area (Å²) in [6, 6.07) is 12.2. The van der Waals surface area contributed by atoms with Crippen LogP contribution in [0, 0.1) is 6.92 Å². The van der Waals surface area contributed by atoms with Crippen molar-refractivity contribution in [1.29, 1.82) is 0 Å². The molecular weight excluding hydrogens is 274 g/mol. The first kappa shape index (κ1) is 14.2. The van der Waals surface area contributed by atoms with Crippen molar-refractivity contribution in [3.8, 4) is 5.75 Å². The van der Waals surface area contributed by atoms with E-state index >= 15 is 0 Å². The van der Waals surface area contributed by atoms with Crippen molar-refractivity contribution in [2.75, 3.05) is 5.32 Å². The van der Waals surface area contributed by atoms with Crippen LogP contribution in [0.1, 0.15) is 11.1 Å². The number of phenolic OH excluding ortho intramolecular Hbond substituents is 1. The maximum atomic E-state index is 11.8. The predicted octanol–water partition coefficient (Wildman–Crippen LogP) is 4.01. The van der Waals surface area contributed by atoms with Crippen LogP contribution in [0.4, 0.5) is 5.69 Å². The highest BCUT2D eigenvalue weighted by Crippen LogP contribution is 2.23. The number of hydrogen-bond acceptors (Lipinski definition) is 2. The van der Waals surface area contributed by atoms with Crippen LogP contribution in [0.2, 0.25) is 5.02 Å². The fraction of sp³-hybridized carbons (Fsp3) is 0.0625. The van der Waals surface area contributed by atoms with Gasteiger partial charge in [-0.05, 0) is 42.8 Å². The topological polar surface area (TPSA) is 49.3 Å². The smallest absolute Gasteiger partial charge is 0.248 e. The Bertz CT molecular complexity index is 648. The van der Waals surface area contributed by atoms with Crippen LogP contribution in [0.15, 0.2) is 48.5 Å². The van der Waals surface area contributed by atoms with Gasteiger partial charge in [0.05, 0.1) is 0 Å². The van der Waals surface area contributed by atoms with Crippen LogP contribution in [0.3, 0.4) is 0 Å². The molecule has 0 bridgehead atoms. The van der Waals surface area contributed by atoms with Gasteiger partial charge in [-0.15, -0.1) is 0 Å². The zero-order valence-corrected chi connectivity index (χ0v) is 11.7. The van der Waals surface area contributed by atoms with E-state index in [1.165, 1.54) is 6.08 Å². The van der Waals surface area contributed by atoms with E-state index < -0.39 is 0 Å². The molecule has 2 N–H and O–H groups in total. The van der Waals surface area contributed by atoms with Crippen molar-refractivity contribution in [3.05, 3.63) is 64.7 Å². The molecule has 2 aromatic carbocycles. The third-order valence-electron chi connectivity index (χ3n) is 2.86. The SMILES string of the molecule is Cc1c(O)cccc1NC(=O)C=Cc1ccc(Cl)cc1. The van der Waals surface area contributed by atoms with Gasteiger partial charge in [-0.3, -0.25) is 4.79 Å². The second-order valence-corrected chi connectivity index (χ2v) is 4.76. The molecule has 0 atom stereocenters. The van der Waals surface area contributed by atoms with E-state index in [0.717, 1.165) is 5.56 Å². The molecule has 20 heavy (non-hydrogen) atoms. The van der Waals surface area contributed by atoms with Crippen LogP contribution in [-0.2, 0) is 4.79 Å². The Labute approximate surface area is 122 Å². The molecule has 2 aromatic rings. The summed E-state index contributed by atoms with van der Waals surface area (Å²) in [4.78, 5) is 11.8. The van der Waals surface area contributed by atoms with Gasteiger partial charge in [0.2, 0.25) is 5.91 Å². The minimum atomic E-state index is -0.256. The first-order chi connectivity index (χ1) is 9.56. The lowest BCUT2D eigenvalue weighted by Crippen LogP contribution is -2.08. The Balaban J connectivity index is 2.05. The van der Waals surface area contributed by atoms with Crippen molar-refractivity contribution < 1.29 is 9.90 Å². The van der Waals surface area contributed by atoms with E-state index in [2.05, 4.69) is 5.32 Å². The molecule has 102 valence electrons. The van der Waals surface area contributed by atoms with Gasteiger partial charge >= 0.3 is 0 Å². The largest absolute Gasteiger partial charge is 0.508 e. The molecule has 0 fully saturated rings. The van der Waals surface area contributed by atoms with E-state index in [1.807, 2.05) is 12.1 Å². The van der Waals surface area contributed by atoms with Gasteiger partial charge in [0.1, 0.15) is 5.75 Å². The molecular formula is C16H14ClNO2. The quantitative estimate of drug-likeness (QED) is 0.838. The molecule has 2 rings (SSSR count). The van der Waals surface area contributed by atoms with Crippen molar-refractivity contribution in [1.82, 2.24) is 0 Å². The van der Waals surface area contributed by atoms with E-state index in [-0.39, 0.29) is 11.7 Å². The number of hydrogen-bond donors (Lipinski definition) is 2. The number of rotatable bonds is 3. The molecule has 3 nitrogen and oxygen atoms in total. The maximum absolute atomic E-state index is 11.8. The molecule has 0 unspecified atom stereocenters. The lowest BCUT2D eigenvalue weighted by atomic mass is 10.1. The molecule has 0 saturated heterocycles. The predicted molar refractivity (Wildman–Crippen MR) is 82.0 cm³/mol. The Morgan fingerprint density at radius 2 is 1.90 bits per heavy atom. The minimum absolute atomic E-state index is 0.157. The van der Waals surface area contributed by atoms with Gasteiger partial charge in [-0.2, -0.15) is 0 Å². The monoisotopic (exact) mass is 287 g/mol. The molecule has 0 spiro atoms. The van der Waals surface area contributed by atoms with Crippen molar-refractivity contribution in [3.63, 3.8) is 0 Å². The van der Waals surface area contributed by atoms with Gasteiger partial charge < -0.3 is 10.4 Å². The molecule has 0 heterocycles. The van der Waals surface area contributed by atoms with Crippen molar-refractivity contribution >= 4 is 29.3 Å². The molecule has 0 aliphatic carbocycles. The second kappa shape index (κ2) is 6.26. The average molecular weight is 288 g/mol. The average Bonchev–Trinajstić information content (AvgIpc) is 2.43. The van der Waals surface area contributed by atoms with Crippen LogP contribution in [0.25, 0.3) is 6.08 Å². The summed E-state index contributed by atoms with van der Waals surface area (Å²) >= 11 is 5.79. The fourth-order valence-corrected chi connectivity index (χ4v) is 1.81. The summed E-state index contributed by atoms with van der Waals surface area (Å²) in [5.74, 6) is -0.0990. The number of anilines is 1. The zero-order valence-electron chi connectivity index (χ0n) is 10.9. The lowest BCUT2D eigenvalue weighted by molar-refractivity contribution is -0.111. The number of benzene rings is 2. The minimum Gasteiger partial charge on any atom is -0.508 e. The third kappa shape index (κ3) is 3.62. The summed E-state index contributed by atoms with van der Waals surface area (Å²) in [5.41, 5.74) is 2.12. The second-order valence-electron chi connectivity index (χ2n) is 4.32. The van der Waals surface area contributed by atoms with Gasteiger partial charge in [0.15, 0.2) is 0 Å². The van der Waals surface area contributed by atoms with Crippen molar-refractivity contribution in [2.24, 2.45) is 0 Å². The fourth-order valence-electron chi connectivity index (χ4n) is 1.68. The highest BCUT2D eigenvalue weighted by molar-refractivity contribution is 6.30. The van der Waals surface area contributed by atoms with E-state index in [9.17, 15) is 9.90 Å². The van der Waals surface area contributed by atoms with Crippen LogP contribution in [0.5, 0.6) is 5.75 Å². The Morgan fingerprint density at radius 3 is 2.60 bits per heavy atom. The summed E-state index contributed by atoms with van der Waals surface area (Å²) in [7, 11) is 0. The van der Waals surface area contributed by atoms with Gasteiger partial charge in [-0.1, -0.05) is 29.8 Å². The van der Waals surface area contributed by atoms with E-state index in [0.29, 0.717) is 16.3 Å². The summed E-state index contributed by atoms with van der Waals surface area (Å²) in [6.45, 7) is 1.74. The first-order valence-electron chi connectivity index (χ1n) is 6.09. The molecule has 0 aromatic heterocycles. The molecule has 0 saturated carbocycles. The van der Waals surface area contributed by atoms with Gasteiger partial charge in [0.25, 0.3) is 0 Å². The zero-order chi connectivity index (χ0) is 14.5. The van der Waals surface area contributed by atoms with Gasteiger partial charge in [-0.25, -0.2) is 0 Å². The number of amides is 1. The Kier molecular flexibility index (Phi) is 4.43. The number of phenols is 1. The van der Waals surface area contributed by atoms with Crippen molar-refractivity contribution in [2.45, 2.75) is 6.92 Å². The number of halogens is 1. The lowest BCUT2D eigenvalue weighted by Gasteiger charge is -2.07. The van der Waals surface area contributed by atoms with Crippen LogP contribution >= 0.6 is 11.6 Å². The number of aromatic hydroxyl groups is 1. The molecule has 0 aliphatic heterocycles. The van der Waals surface area contributed by atoms with Crippen LogP contribution < -0.4 is 5.32 Å². The Hall–Kier alpha value is -2.26. The molecule has 0 radical (unpaired) electrons. The Morgan fingerprint density at radius 1 is 1.20 bits per heavy atom. The van der Waals surface area contributed by atoms with Crippen LogP contribution in [-0.4, -0.2) is 11.0 Å². The molecule has 1 amide bonds. The number of carbonyl (C=O) groups excluding carboxylic acids is 1. The highest BCUT2D eigenvalue weighted by Gasteiger charge is 2.04.